The minimum atomic E-state index is -4.07. The van der Waals surface area contributed by atoms with Gasteiger partial charge in [0, 0.05) is 4.47 Å². The molecule has 4 rings (SSSR count). The quantitative estimate of drug-likeness (QED) is 0.467. The summed E-state index contributed by atoms with van der Waals surface area (Å²) in [5.41, 5.74) is 1.34. The van der Waals surface area contributed by atoms with E-state index < -0.39 is 28.1 Å². The van der Waals surface area contributed by atoms with E-state index in [1.165, 1.54) is 16.4 Å². The Morgan fingerprint density at radius 1 is 1.00 bits per heavy atom. The van der Waals surface area contributed by atoms with E-state index in [2.05, 4.69) is 15.9 Å². The Labute approximate surface area is 201 Å². The Hall–Kier alpha value is -2.94. The third kappa shape index (κ3) is 4.59. The molecule has 0 bridgehead atoms. The molecular formula is C25H22BrNO5S. The third-order valence-corrected chi connectivity index (χ3v) is 8.03. The molecule has 0 unspecified atom stereocenters. The standard InChI is InChI=1S/C25H22BrNO5S/c1-32-20-12-10-17(11-13-20)23-15-14-22(25(28)29)24(18-6-5-7-19(26)16-18)27(23)33(30,31)21-8-3-2-4-9-21/h2-14,16,23-24H,15H2,1H3,(H,28,29)/t23-,24-/m0/s1. The highest BCUT2D eigenvalue weighted by Crippen LogP contribution is 2.46. The molecule has 1 aliphatic rings. The van der Waals surface area contributed by atoms with Gasteiger partial charge in [-0.05, 0) is 53.9 Å². The number of sulfonamides is 1. The highest BCUT2D eigenvalue weighted by molar-refractivity contribution is 9.10. The second-order valence-electron chi connectivity index (χ2n) is 7.59. The highest BCUT2D eigenvalue weighted by atomic mass is 79.9. The Bertz CT molecular complexity index is 1290. The minimum absolute atomic E-state index is 0.0253. The van der Waals surface area contributed by atoms with E-state index >= 15 is 0 Å². The molecule has 0 amide bonds. The van der Waals surface area contributed by atoms with Crippen molar-refractivity contribution in [1.29, 1.82) is 0 Å². The molecule has 6 nitrogen and oxygen atoms in total. The van der Waals surface area contributed by atoms with Crippen molar-refractivity contribution in [3.8, 4) is 5.75 Å². The van der Waals surface area contributed by atoms with E-state index in [1.54, 1.807) is 61.7 Å². The summed E-state index contributed by atoms with van der Waals surface area (Å²) >= 11 is 3.43. The minimum Gasteiger partial charge on any atom is -0.497 e. The van der Waals surface area contributed by atoms with Crippen LogP contribution >= 0.6 is 15.9 Å². The van der Waals surface area contributed by atoms with E-state index in [4.69, 9.17) is 4.74 Å². The van der Waals surface area contributed by atoms with Gasteiger partial charge in [0.25, 0.3) is 0 Å². The first-order valence-corrected chi connectivity index (χ1v) is 12.5. The molecule has 0 saturated heterocycles. The van der Waals surface area contributed by atoms with Crippen molar-refractivity contribution in [2.24, 2.45) is 0 Å². The van der Waals surface area contributed by atoms with Crippen LogP contribution in [0.1, 0.15) is 29.6 Å². The summed E-state index contributed by atoms with van der Waals surface area (Å²) in [4.78, 5) is 12.3. The van der Waals surface area contributed by atoms with Crippen LogP contribution in [-0.4, -0.2) is 30.9 Å². The zero-order valence-corrected chi connectivity index (χ0v) is 20.2. The van der Waals surface area contributed by atoms with E-state index in [0.717, 1.165) is 10.0 Å². The Morgan fingerprint density at radius 2 is 1.70 bits per heavy atom. The Balaban J connectivity index is 1.96. The summed E-state index contributed by atoms with van der Waals surface area (Å²) in [6.45, 7) is 0. The van der Waals surface area contributed by atoms with Gasteiger partial charge < -0.3 is 9.84 Å². The first-order valence-electron chi connectivity index (χ1n) is 10.2. The van der Waals surface area contributed by atoms with Crippen LogP contribution in [-0.2, 0) is 14.8 Å². The predicted octanol–water partition coefficient (Wildman–Crippen LogP) is 5.35. The fourth-order valence-electron chi connectivity index (χ4n) is 4.11. The van der Waals surface area contributed by atoms with Gasteiger partial charge in [-0.1, -0.05) is 64.5 Å². The van der Waals surface area contributed by atoms with Gasteiger partial charge >= 0.3 is 5.97 Å². The van der Waals surface area contributed by atoms with Crippen molar-refractivity contribution >= 4 is 31.9 Å². The summed E-state index contributed by atoms with van der Waals surface area (Å²) in [5.74, 6) is -0.501. The van der Waals surface area contributed by atoms with E-state index in [0.29, 0.717) is 11.3 Å². The number of ether oxygens (including phenoxy) is 1. The summed E-state index contributed by atoms with van der Waals surface area (Å²) in [5, 5.41) is 10.0. The van der Waals surface area contributed by atoms with Crippen LogP contribution in [0.3, 0.4) is 0 Å². The molecule has 1 heterocycles. The number of hydrogen-bond acceptors (Lipinski definition) is 4. The van der Waals surface area contributed by atoms with Crippen LogP contribution in [0.15, 0.2) is 99.9 Å². The topological polar surface area (TPSA) is 83.9 Å². The van der Waals surface area contributed by atoms with Gasteiger partial charge in [0.2, 0.25) is 10.0 Å². The number of nitrogens with zero attached hydrogens (tertiary/aromatic N) is 1. The van der Waals surface area contributed by atoms with Crippen LogP contribution in [0.2, 0.25) is 0 Å². The molecule has 1 N–H and O–H groups in total. The summed E-state index contributed by atoms with van der Waals surface area (Å²) in [6.07, 6.45) is 1.85. The number of hydrogen-bond donors (Lipinski definition) is 1. The first-order chi connectivity index (χ1) is 15.8. The molecule has 0 saturated carbocycles. The summed E-state index contributed by atoms with van der Waals surface area (Å²) in [6, 6.07) is 20.7. The molecule has 0 fully saturated rings. The average molecular weight is 528 g/mol. The number of benzene rings is 3. The van der Waals surface area contributed by atoms with Crippen molar-refractivity contribution in [3.05, 3.63) is 106 Å². The van der Waals surface area contributed by atoms with Crippen LogP contribution < -0.4 is 4.74 Å². The van der Waals surface area contributed by atoms with Crippen LogP contribution in [0.25, 0.3) is 0 Å². The Kier molecular flexibility index (Phi) is 6.69. The molecule has 1 aliphatic heterocycles. The second-order valence-corrected chi connectivity index (χ2v) is 10.4. The van der Waals surface area contributed by atoms with Crippen LogP contribution in [0, 0.1) is 0 Å². The van der Waals surface area contributed by atoms with Gasteiger partial charge in [-0.25, -0.2) is 13.2 Å². The van der Waals surface area contributed by atoms with Crippen molar-refractivity contribution < 1.29 is 23.1 Å². The zero-order chi connectivity index (χ0) is 23.6. The van der Waals surface area contributed by atoms with Crippen molar-refractivity contribution in [2.45, 2.75) is 23.4 Å². The number of methoxy groups -OCH3 is 1. The van der Waals surface area contributed by atoms with Gasteiger partial charge in [0.1, 0.15) is 5.75 Å². The maximum Gasteiger partial charge on any atom is 0.333 e. The molecule has 8 heteroatoms. The number of carboxylic acids is 1. The fourth-order valence-corrected chi connectivity index (χ4v) is 6.33. The lowest BCUT2D eigenvalue weighted by Crippen LogP contribution is -2.42. The summed E-state index contributed by atoms with van der Waals surface area (Å²) < 4.78 is 35.3. The number of rotatable bonds is 6. The molecule has 2 atom stereocenters. The molecule has 3 aromatic rings. The molecule has 0 spiro atoms. The maximum absolute atomic E-state index is 14.0. The predicted molar refractivity (Wildman–Crippen MR) is 128 cm³/mol. The van der Waals surface area contributed by atoms with Gasteiger partial charge in [-0.15, -0.1) is 0 Å². The van der Waals surface area contributed by atoms with E-state index in [9.17, 15) is 18.3 Å². The van der Waals surface area contributed by atoms with Crippen LogP contribution in [0.4, 0.5) is 0 Å². The Morgan fingerprint density at radius 3 is 2.30 bits per heavy atom. The second kappa shape index (κ2) is 9.51. The number of carbonyl (C=O) groups is 1. The van der Waals surface area contributed by atoms with Gasteiger partial charge in [0.15, 0.2) is 0 Å². The number of aliphatic carboxylic acids is 1. The lowest BCUT2D eigenvalue weighted by molar-refractivity contribution is -0.133. The third-order valence-electron chi connectivity index (χ3n) is 5.65. The molecule has 33 heavy (non-hydrogen) atoms. The van der Waals surface area contributed by atoms with Crippen molar-refractivity contribution in [1.82, 2.24) is 4.31 Å². The normalized spacial score (nSPS) is 19.0. The smallest absolute Gasteiger partial charge is 0.333 e. The average Bonchev–Trinajstić information content (AvgIpc) is 2.83. The molecule has 0 aliphatic carbocycles. The van der Waals surface area contributed by atoms with Crippen molar-refractivity contribution in [3.63, 3.8) is 0 Å². The fraction of sp³-hybridized carbons (Fsp3) is 0.160. The first kappa shape index (κ1) is 23.2. The monoisotopic (exact) mass is 527 g/mol. The summed E-state index contributed by atoms with van der Waals surface area (Å²) in [7, 11) is -2.51. The lowest BCUT2D eigenvalue weighted by Gasteiger charge is -2.40. The highest BCUT2D eigenvalue weighted by Gasteiger charge is 2.44. The number of halogens is 1. The molecule has 170 valence electrons. The van der Waals surface area contributed by atoms with Gasteiger partial charge in [0.05, 0.1) is 29.7 Å². The molecular weight excluding hydrogens is 506 g/mol. The number of carboxylic acid groups (broad SMARTS) is 1. The van der Waals surface area contributed by atoms with Crippen molar-refractivity contribution in [2.75, 3.05) is 7.11 Å². The molecule has 0 aromatic heterocycles. The molecule has 0 radical (unpaired) electrons. The van der Waals surface area contributed by atoms with Crippen LogP contribution in [0.5, 0.6) is 5.75 Å². The van der Waals surface area contributed by atoms with Gasteiger partial charge in [-0.2, -0.15) is 4.31 Å². The maximum atomic E-state index is 14.0. The SMILES string of the molecule is COc1ccc([C@@H]2CC=C(C(=O)O)[C@H](c3cccc(Br)c3)N2S(=O)(=O)c2ccccc2)cc1. The largest absolute Gasteiger partial charge is 0.497 e. The van der Waals surface area contributed by atoms with Gasteiger partial charge in [-0.3, -0.25) is 0 Å². The lowest BCUT2D eigenvalue weighted by atomic mass is 9.89. The molecule has 3 aromatic carbocycles. The zero-order valence-electron chi connectivity index (χ0n) is 17.8. The van der Waals surface area contributed by atoms with E-state index in [1.807, 2.05) is 18.2 Å². The van der Waals surface area contributed by atoms with E-state index in [-0.39, 0.29) is 16.9 Å².